The number of piperazine rings is 1. The number of likely N-dealkylation sites (tertiary alicyclic amines) is 1. The maximum absolute atomic E-state index is 12.7. The summed E-state index contributed by atoms with van der Waals surface area (Å²) in [5.74, 6) is 2.70. The number of rotatable bonds is 8. The van der Waals surface area contributed by atoms with Gasteiger partial charge in [-0.15, -0.1) is 0 Å². The molecule has 178 valence electrons. The van der Waals surface area contributed by atoms with E-state index in [1.54, 1.807) is 0 Å². The molecule has 1 amide bonds. The van der Waals surface area contributed by atoms with Crippen molar-refractivity contribution in [3.05, 3.63) is 29.8 Å². The van der Waals surface area contributed by atoms with E-state index in [1.807, 2.05) is 11.9 Å². The third-order valence-corrected chi connectivity index (χ3v) is 6.35. The highest BCUT2D eigenvalue weighted by Crippen LogP contribution is 2.15. The Hall–Kier alpha value is -2.28. The van der Waals surface area contributed by atoms with Gasteiger partial charge in [0, 0.05) is 52.9 Å². The molecule has 0 aliphatic carbocycles. The number of carbonyl (C=O) groups is 1. The lowest BCUT2D eigenvalue weighted by Gasteiger charge is -2.39. The van der Waals surface area contributed by atoms with Gasteiger partial charge in [0.2, 0.25) is 5.91 Å². The zero-order valence-electron chi connectivity index (χ0n) is 20.3. The Morgan fingerprint density at radius 2 is 1.66 bits per heavy atom. The summed E-state index contributed by atoms with van der Waals surface area (Å²) in [5, 5.41) is 3.50. The zero-order chi connectivity index (χ0) is 22.9. The summed E-state index contributed by atoms with van der Waals surface area (Å²) in [6.07, 6.45) is 3.22. The Labute approximate surface area is 193 Å². The van der Waals surface area contributed by atoms with Crippen molar-refractivity contribution in [3.8, 4) is 5.75 Å². The average molecular weight is 444 g/mol. The highest BCUT2D eigenvalue weighted by molar-refractivity contribution is 5.82. The summed E-state index contributed by atoms with van der Waals surface area (Å²) >= 11 is 0. The number of aliphatic imine (C=N–C) groups is 1. The molecule has 0 radical (unpaired) electrons. The molecule has 2 heterocycles. The Kier molecular flexibility index (Phi) is 9.21. The minimum absolute atomic E-state index is 0.0299. The summed E-state index contributed by atoms with van der Waals surface area (Å²) in [4.78, 5) is 23.8. The van der Waals surface area contributed by atoms with E-state index in [0.717, 1.165) is 83.4 Å². The van der Waals surface area contributed by atoms with Crippen molar-refractivity contribution >= 4 is 11.9 Å². The second-order valence-electron chi connectivity index (χ2n) is 9.30. The molecule has 2 aliphatic heterocycles. The van der Waals surface area contributed by atoms with Crippen molar-refractivity contribution in [3.63, 3.8) is 0 Å². The molecule has 1 aromatic carbocycles. The molecule has 2 saturated heterocycles. The standard InChI is InChI=1S/C25H41N5O2/c1-20(2)19-32-23-9-7-22(8-10-23)11-12-27-25(26-4)30-17-15-28(16-18-30)21(3)24(31)29-13-5-6-14-29/h7-10,20-21H,5-6,11-19H2,1-4H3,(H,26,27). The lowest BCUT2D eigenvalue weighted by atomic mass is 10.1. The van der Waals surface area contributed by atoms with Gasteiger partial charge in [-0.3, -0.25) is 14.7 Å². The topological polar surface area (TPSA) is 60.4 Å². The van der Waals surface area contributed by atoms with Gasteiger partial charge in [0.1, 0.15) is 5.75 Å². The van der Waals surface area contributed by atoms with Crippen LogP contribution in [0.15, 0.2) is 29.3 Å². The Morgan fingerprint density at radius 3 is 2.25 bits per heavy atom. The van der Waals surface area contributed by atoms with Gasteiger partial charge in [0.25, 0.3) is 0 Å². The van der Waals surface area contributed by atoms with Gasteiger partial charge < -0.3 is 19.9 Å². The molecule has 7 heteroatoms. The first-order chi connectivity index (χ1) is 15.5. The normalized spacial score (nSPS) is 18.8. The van der Waals surface area contributed by atoms with Gasteiger partial charge in [-0.05, 0) is 49.8 Å². The van der Waals surface area contributed by atoms with Crippen LogP contribution in [0, 0.1) is 5.92 Å². The SMILES string of the molecule is CN=C(NCCc1ccc(OCC(C)C)cc1)N1CCN(C(C)C(=O)N2CCCC2)CC1. The lowest BCUT2D eigenvalue weighted by Crippen LogP contribution is -2.57. The summed E-state index contributed by atoms with van der Waals surface area (Å²) in [5.41, 5.74) is 1.28. The number of amides is 1. The van der Waals surface area contributed by atoms with Gasteiger partial charge in [0.05, 0.1) is 12.6 Å². The summed E-state index contributed by atoms with van der Waals surface area (Å²) in [7, 11) is 1.84. The second kappa shape index (κ2) is 12.1. The molecule has 0 saturated carbocycles. The number of nitrogens with zero attached hydrogens (tertiary/aromatic N) is 4. The van der Waals surface area contributed by atoms with Crippen LogP contribution in [-0.4, -0.2) is 92.1 Å². The van der Waals surface area contributed by atoms with Crippen molar-refractivity contribution in [2.45, 2.75) is 46.1 Å². The third-order valence-electron chi connectivity index (χ3n) is 6.35. The first-order valence-corrected chi connectivity index (χ1v) is 12.2. The second-order valence-corrected chi connectivity index (χ2v) is 9.30. The third kappa shape index (κ3) is 6.86. The van der Waals surface area contributed by atoms with Crippen molar-refractivity contribution < 1.29 is 9.53 Å². The molecule has 0 spiro atoms. The Bertz CT molecular complexity index is 735. The minimum Gasteiger partial charge on any atom is -0.493 e. The molecule has 32 heavy (non-hydrogen) atoms. The molecule has 3 rings (SSSR count). The molecule has 7 nitrogen and oxygen atoms in total. The van der Waals surface area contributed by atoms with Crippen LogP contribution < -0.4 is 10.1 Å². The molecular weight excluding hydrogens is 402 g/mol. The molecule has 1 N–H and O–H groups in total. The highest BCUT2D eigenvalue weighted by atomic mass is 16.5. The van der Waals surface area contributed by atoms with Crippen molar-refractivity contribution in [2.75, 3.05) is 59.5 Å². The van der Waals surface area contributed by atoms with E-state index in [0.29, 0.717) is 11.8 Å². The predicted molar refractivity (Wildman–Crippen MR) is 130 cm³/mol. The van der Waals surface area contributed by atoms with Crippen LogP contribution in [0.25, 0.3) is 0 Å². The molecule has 1 unspecified atom stereocenters. The van der Waals surface area contributed by atoms with E-state index in [2.05, 4.69) is 65.1 Å². The van der Waals surface area contributed by atoms with Crippen LogP contribution in [0.1, 0.15) is 39.2 Å². The molecular formula is C25H41N5O2. The van der Waals surface area contributed by atoms with Crippen LogP contribution in [0.5, 0.6) is 5.75 Å². The molecule has 1 atom stereocenters. The van der Waals surface area contributed by atoms with Crippen LogP contribution in [0.3, 0.4) is 0 Å². The Morgan fingerprint density at radius 1 is 1.00 bits per heavy atom. The fourth-order valence-corrected chi connectivity index (χ4v) is 4.35. The summed E-state index contributed by atoms with van der Waals surface area (Å²) < 4.78 is 5.76. The lowest BCUT2D eigenvalue weighted by molar-refractivity contribution is -0.135. The van der Waals surface area contributed by atoms with E-state index < -0.39 is 0 Å². The van der Waals surface area contributed by atoms with Crippen LogP contribution >= 0.6 is 0 Å². The van der Waals surface area contributed by atoms with Gasteiger partial charge in [-0.2, -0.15) is 0 Å². The minimum atomic E-state index is -0.0299. The van der Waals surface area contributed by atoms with Gasteiger partial charge >= 0.3 is 0 Å². The highest BCUT2D eigenvalue weighted by Gasteiger charge is 2.30. The quantitative estimate of drug-likeness (QED) is 0.494. The fourth-order valence-electron chi connectivity index (χ4n) is 4.35. The zero-order valence-corrected chi connectivity index (χ0v) is 20.3. The molecule has 0 bridgehead atoms. The predicted octanol–water partition coefficient (Wildman–Crippen LogP) is 2.47. The number of nitrogens with one attached hydrogen (secondary N) is 1. The fraction of sp³-hybridized carbons (Fsp3) is 0.680. The summed E-state index contributed by atoms with van der Waals surface area (Å²) in [6, 6.07) is 8.35. The number of ether oxygens (including phenoxy) is 1. The van der Waals surface area contributed by atoms with E-state index >= 15 is 0 Å². The Balaban J connectivity index is 1.39. The first-order valence-electron chi connectivity index (χ1n) is 12.2. The van der Waals surface area contributed by atoms with Crippen molar-refractivity contribution in [1.29, 1.82) is 0 Å². The van der Waals surface area contributed by atoms with E-state index in [4.69, 9.17) is 4.74 Å². The smallest absolute Gasteiger partial charge is 0.239 e. The largest absolute Gasteiger partial charge is 0.493 e. The van der Waals surface area contributed by atoms with Crippen LogP contribution in [0.4, 0.5) is 0 Å². The van der Waals surface area contributed by atoms with Crippen LogP contribution in [-0.2, 0) is 11.2 Å². The maximum atomic E-state index is 12.7. The van der Waals surface area contributed by atoms with Gasteiger partial charge in [-0.25, -0.2) is 0 Å². The number of carbonyl (C=O) groups excluding carboxylic acids is 1. The monoisotopic (exact) mass is 443 g/mol. The van der Waals surface area contributed by atoms with Crippen molar-refractivity contribution in [1.82, 2.24) is 20.0 Å². The summed E-state index contributed by atoms with van der Waals surface area (Å²) in [6.45, 7) is 13.3. The number of guanidine groups is 1. The van der Waals surface area contributed by atoms with Crippen LogP contribution in [0.2, 0.25) is 0 Å². The maximum Gasteiger partial charge on any atom is 0.239 e. The molecule has 1 aromatic rings. The number of hydrogen-bond acceptors (Lipinski definition) is 4. The molecule has 2 fully saturated rings. The average Bonchev–Trinajstić information content (AvgIpc) is 3.35. The van der Waals surface area contributed by atoms with E-state index in [-0.39, 0.29) is 6.04 Å². The van der Waals surface area contributed by atoms with Gasteiger partial charge in [0.15, 0.2) is 5.96 Å². The van der Waals surface area contributed by atoms with E-state index in [9.17, 15) is 4.79 Å². The van der Waals surface area contributed by atoms with Gasteiger partial charge in [-0.1, -0.05) is 26.0 Å². The number of hydrogen-bond donors (Lipinski definition) is 1. The van der Waals surface area contributed by atoms with Crippen molar-refractivity contribution in [2.24, 2.45) is 10.9 Å². The van der Waals surface area contributed by atoms with E-state index in [1.165, 1.54) is 5.56 Å². The molecule has 2 aliphatic rings. The number of benzene rings is 1. The first kappa shape index (κ1) is 24.4. The molecule has 0 aromatic heterocycles.